The van der Waals surface area contributed by atoms with Crippen molar-refractivity contribution >= 4 is 0 Å². The summed E-state index contributed by atoms with van der Waals surface area (Å²) >= 11 is 0. The second kappa shape index (κ2) is 6.12. The Labute approximate surface area is 103 Å². The maximum absolute atomic E-state index is 4.74. The van der Waals surface area contributed by atoms with Gasteiger partial charge in [0.15, 0.2) is 5.82 Å². The topological polar surface area (TPSA) is 54.2 Å². The van der Waals surface area contributed by atoms with Gasteiger partial charge in [0.25, 0.3) is 0 Å². The summed E-state index contributed by atoms with van der Waals surface area (Å²) in [5, 5.41) is 7.37. The van der Waals surface area contributed by atoms with Gasteiger partial charge in [0.2, 0.25) is 6.39 Å². The lowest BCUT2D eigenvalue weighted by molar-refractivity contribution is 0.169. The van der Waals surface area contributed by atoms with Gasteiger partial charge in [-0.1, -0.05) is 19.0 Å². The number of nitrogens with zero attached hydrogens (tertiary/aromatic N) is 3. The summed E-state index contributed by atoms with van der Waals surface area (Å²) in [5.41, 5.74) is 0. The highest BCUT2D eigenvalue weighted by Gasteiger charge is 2.20. The van der Waals surface area contributed by atoms with Gasteiger partial charge in [0.05, 0.1) is 6.54 Å². The monoisotopic (exact) mass is 238 g/mol. The van der Waals surface area contributed by atoms with Crippen LogP contribution in [-0.4, -0.2) is 40.7 Å². The molecule has 1 fully saturated rings. The van der Waals surface area contributed by atoms with E-state index in [0.717, 1.165) is 37.9 Å². The second-order valence-electron chi connectivity index (χ2n) is 5.13. The van der Waals surface area contributed by atoms with Crippen LogP contribution in [0.25, 0.3) is 0 Å². The molecule has 1 saturated heterocycles. The Balaban J connectivity index is 1.67. The van der Waals surface area contributed by atoms with Crippen molar-refractivity contribution in [2.75, 3.05) is 19.6 Å². The molecular formula is C12H22N4O. The van der Waals surface area contributed by atoms with E-state index in [0.29, 0.717) is 6.04 Å². The molecule has 1 N–H and O–H groups in total. The third-order valence-electron chi connectivity index (χ3n) is 3.29. The zero-order chi connectivity index (χ0) is 12.1. The molecule has 0 aliphatic carbocycles. The molecule has 0 unspecified atom stereocenters. The highest BCUT2D eigenvalue weighted by atomic mass is 16.5. The highest BCUT2D eigenvalue weighted by Crippen LogP contribution is 2.17. The van der Waals surface area contributed by atoms with Gasteiger partial charge < -0.3 is 9.84 Å². The normalized spacial score (nSPS) is 19.0. The predicted molar refractivity (Wildman–Crippen MR) is 65.4 cm³/mol. The van der Waals surface area contributed by atoms with Crippen LogP contribution >= 0.6 is 0 Å². The molecule has 5 nitrogen and oxygen atoms in total. The van der Waals surface area contributed by atoms with E-state index in [9.17, 15) is 0 Å². The van der Waals surface area contributed by atoms with Crippen molar-refractivity contribution in [3.63, 3.8) is 0 Å². The lowest BCUT2D eigenvalue weighted by Crippen LogP contribution is -2.38. The van der Waals surface area contributed by atoms with Crippen LogP contribution in [0, 0.1) is 5.92 Å². The van der Waals surface area contributed by atoms with Crippen LogP contribution in [0.5, 0.6) is 0 Å². The molecular weight excluding hydrogens is 216 g/mol. The van der Waals surface area contributed by atoms with Crippen molar-refractivity contribution in [1.29, 1.82) is 0 Å². The summed E-state index contributed by atoms with van der Waals surface area (Å²) in [6.07, 6.45) is 3.92. The number of likely N-dealkylation sites (tertiary alicyclic amines) is 1. The van der Waals surface area contributed by atoms with Crippen molar-refractivity contribution in [2.45, 2.75) is 39.3 Å². The fourth-order valence-corrected chi connectivity index (χ4v) is 2.21. The quantitative estimate of drug-likeness (QED) is 0.837. The molecule has 1 aliphatic heterocycles. The third-order valence-corrected chi connectivity index (χ3v) is 3.29. The Morgan fingerprint density at radius 3 is 2.82 bits per heavy atom. The second-order valence-corrected chi connectivity index (χ2v) is 5.13. The Morgan fingerprint density at radius 1 is 1.47 bits per heavy atom. The van der Waals surface area contributed by atoms with Crippen molar-refractivity contribution in [1.82, 2.24) is 20.4 Å². The van der Waals surface area contributed by atoms with E-state index in [-0.39, 0.29) is 0 Å². The van der Waals surface area contributed by atoms with Crippen LogP contribution in [0.15, 0.2) is 10.9 Å². The molecule has 0 amide bonds. The van der Waals surface area contributed by atoms with Crippen LogP contribution in [0.2, 0.25) is 0 Å². The molecule has 0 atom stereocenters. The zero-order valence-electron chi connectivity index (χ0n) is 10.7. The highest BCUT2D eigenvalue weighted by molar-refractivity contribution is 4.81. The van der Waals surface area contributed by atoms with Gasteiger partial charge in [-0.05, 0) is 38.4 Å². The summed E-state index contributed by atoms with van der Waals surface area (Å²) in [6, 6.07) is 0.590. The fraction of sp³-hybridized carbons (Fsp3) is 0.833. The molecule has 0 saturated carbocycles. The van der Waals surface area contributed by atoms with Crippen molar-refractivity contribution in [3.8, 4) is 0 Å². The molecule has 0 radical (unpaired) electrons. The van der Waals surface area contributed by atoms with E-state index in [1.54, 1.807) is 0 Å². The van der Waals surface area contributed by atoms with E-state index in [1.165, 1.54) is 19.2 Å². The molecule has 0 bridgehead atoms. The fourth-order valence-electron chi connectivity index (χ4n) is 2.21. The number of rotatable bonds is 5. The van der Waals surface area contributed by atoms with Gasteiger partial charge in [0, 0.05) is 6.04 Å². The molecule has 1 aromatic heterocycles. The molecule has 2 heterocycles. The summed E-state index contributed by atoms with van der Waals surface area (Å²) in [4.78, 5) is 6.46. The van der Waals surface area contributed by atoms with Crippen molar-refractivity contribution in [2.24, 2.45) is 5.92 Å². The minimum Gasteiger partial charge on any atom is -0.343 e. The summed E-state index contributed by atoms with van der Waals surface area (Å²) in [6.45, 7) is 8.64. The summed E-state index contributed by atoms with van der Waals surface area (Å²) in [5.74, 6) is 1.61. The van der Waals surface area contributed by atoms with Crippen LogP contribution < -0.4 is 5.32 Å². The average molecular weight is 238 g/mol. The van der Waals surface area contributed by atoms with Gasteiger partial charge in [-0.15, -0.1) is 0 Å². The number of hydrogen-bond donors (Lipinski definition) is 1. The first-order chi connectivity index (χ1) is 8.24. The molecule has 96 valence electrons. The maximum Gasteiger partial charge on any atom is 0.213 e. The van der Waals surface area contributed by atoms with E-state index < -0.39 is 0 Å². The smallest absolute Gasteiger partial charge is 0.213 e. The first-order valence-electron chi connectivity index (χ1n) is 6.45. The Morgan fingerprint density at radius 2 is 2.24 bits per heavy atom. The molecule has 1 aromatic rings. The van der Waals surface area contributed by atoms with Gasteiger partial charge >= 0.3 is 0 Å². The minimum absolute atomic E-state index is 0.590. The molecule has 0 aromatic carbocycles. The van der Waals surface area contributed by atoms with E-state index in [4.69, 9.17) is 4.52 Å². The molecule has 5 heteroatoms. The zero-order valence-corrected chi connectivity index (χ0v) is 10.7. The van der Waals surface area contributed by atoms with Crippen LogP contribution in [0.1, 0.15) is 32.5 Å². The Hall–Kier alpha value is -0.940. The number of hydrogen-bond acceptors (Lipinski definition) is 5. The number of nitrogens with one attached hydrogen (secondary N) is 1. The van der Waals surface area contributed by atoms with E-state index in [1.807, 2.05) is 0 Å². The lowest BCUT2D eigenvalue weighted by atomic mass is 9.96. The van der Waals surface area contributed by atoms with Gasteiger partial charge in [-0.2, -0.15) is 4.98 Å². The first-order valence-corrected chi connectivity index (χ1v) is 6.45. The van der Waals surface area contributed by atoms with Crippen LogP contribution in [0.3, 0.4) is 0 Å². The molecule has 17 heavy (non-hydrogen) atoms. The minimum atomic E-state index is 0.590. The number of aromatic nitrogens is 2. The summed E-state index contributed by atoms with van der Waals surface area (Å²) in [7, 11) is 0. The Kier molecular flexibility index (Phi) is 4.50. The lowest BCUT2D eigenvalue weighted by Gasteiger charge is -2.31. The molecule has 1 aliphatic rings. The van der Waals surface area contributed by atoms with E-state index in [2.05, 4.69) is 34.2 Å². The molecule has 0 spiro atoms. The number of piperidine rings is 1. The van der Waals surface area contributed by atoms with Crippen molar-refractivity contribution in [3.05, 3.63) is 12.2 Å². The van der Waals surface area contributed by atoms with Crippen LogP contribution in [0.4, 0.5) is 0 Å². The maximum atomic E-state index is 4.74. The van der Waals surface area contributed by atoms with Gasteiger partial charge in [0.1, 0.15) is 0 Å². The van der Waals surface area contributed by atoms with Crippen molar-refractivity contribution < 1.29 is 4.52 Å². The SMILES string of the molecule is CC(C)NCC1CCN(Cc2ncon2)CC1. The predicted octanol–water partition coefficient (Wildman–Crippen LogP) is 1.28. The largest absolute Gasteiger partial charge is 0.343 e. The average Bonchev–Trinajstić information content (AvgIpc) is 2.81. The summed E-state index contributed by atoms with van der Waals surface area (Å²) < 4.78 is 4.74. The third kappa shape index (κ3) is 4.09. The molecule has 2 rings (SSSR count). The van der Waals surface area contributed by atoms with Gasteiger partial charge in [-0.3, -0.25) is 4.90 Å². The standard InChI is InChI=1S/C12H22N4O/c1-10(2)13-7-11-3-5-16(6-4-11)8-12-14-9-17-15-12/h9-11,13H,3-8H2,1-2H3. The van der Waals surface area contributed by atoms with Gasteiger partial charge in [-0.25, -0.2) is 0 Å². The first kappa shape index (κ1) is 12.5. The van der Waals surface area contributed by atoms with E-state index >= 15 is 0 Å². The Bertz CT molecular complexity index is 304. The van der Waals surface area contributed by atoms with Crippen LogP contribution in [-0.2, 0) is 6.54 Å².